The van der Waals surface area contributed by atoms with Crippen molar-refractivity contribution in [1.82, 2.24) is 0 Å². The van der Waals surface area contributed by atoms with Gasteiger partial charge in [-0.1, -0.05) is 43.4 Å². The first-order valence-electron chi connectivity index (χ1n) is 4.16. The molecular weight excluding hydrogens is 298 g/mol. The summed E-state index contributed by atoms with van der Waals surface area (Å²) in [5.74, 6) is 0. The summed E-state index contributed by atoms with van der Waals surface area (Å²) in [6.07, 6.45) is 8.68. The molecule has 1 aliphatic rings. The van der Waals surface area contributed by atoms with Crippen LogP contribution in [-0.2, 0) is 20.8 Å². The van der Waals surface area contributed by atoms with Gasteiger partial charge in [0.1, 0.15) is 0 Å². The topological polar surface area (TPSA) is 0 Å². The first-order valence-corrected chi connectivity index (χ1v) is 14.2. The summed E-state index contributed by atoms with van der Waals surface area (Å²) in [5.41, 5.74) is 1.51. The van der Waals surface area contributed by atoms with Gasteiger partial charge in [0.2, 0.25) is 0 Å². The Kier molecular flexibility index (Phi) is 8.12. The Morgan fingerprint density at radius 1 is 1.31 bits per heavy atom. The Labute approximate surface area is 101 Å². The van der Waals surface area contributed by atoms with Gasteiger partial charge in [0.05, 0.1) is 0 Å². The molecule has 1 aliphatic carbocycles. The van der Waals surface area contributed by atoms with E-state index in [0.29, 0.717) is 0 Å². The molecule has 0 heterocycles. The molecule has 0 saturated heterocycles. The van der Waals surface area contributed by atoms with E-state index < -0.39 is 28.9 Å². The fourth-order valence-corrected chi connectivity index (χ4v) is 2.60. The van der Waals surface area contributed by atoms with E-state index in [2.05, 4.69) is 44.3 Å². The molecule has 1 rings (SSSR count). The molecule has 0 unspecified atom stereocenters. The zero-order valence-electron chi connectivity index (χ0n) is 8.27. The van der Waals surface area contributed by atoms with Gasteiger partial charge < -0.3 is 0 Å². The predicted molar refractivity (Wildman–Crippen MR) is 61.4 cm³/mol. The molecule has 0 aliphatic heterocycles. The van der Waals surface area contributed by atoms with Crippen LogP contribution in [0.2, 0.25) is 25.7 Å². The van der Waals surface area contributed by atoms with Gasteiger partial charge in [-0.15, -0.1) is 0 Å². The Morgan fingerprint density at radius 3 is 2.15 bits per heavy atom. The molecule has 0 aromatic heterocycles. The van der Waals surface area contributed by atoms with Crippen molar-refractivity contribution in [3.05, 3.63) is 30.2 Å². The van der Waals surface area contributed by atoms with E-state index in [-0.39, 0.29) is 0 Å². The summed E-state index contributed by atoms with van der Waals surface area (Å²) in [6, 6.07) is 1.32. The van der Waals surface area contributed by atoms with E-state index in [4.69, 9.17) is 17.0 Å². The summed E-state index contributed by atoms with van der Waals surface area (Å²) in [7, 11) is 9.01. The third-order valence-electron chi connectivity index (χ3n) is 1.47. The molecule has 13 heavy (non-hydrogen) atoms. The van der Waals surface area contributed by atoms with Crippen LogP contribution in [0.15, 0.2) is 23.8 Å². The standard InChI is InChI=1S/C9H15Si.2ClH.Zr/c1-10(2,3)8-9-6-4-5-7-9;;;/h4-7H,8H2,1-3H3;2*1H;/q;;;+2/p-2. The van der Waals surface area contributed by atoms with Gasteiger partial charge in [-0.05, 0) is 6.04 Å². The minimum absolute atomic E-state index is 0.826. The number of rotatable bonds is 2. The third kappa shape index (κ3) is 9.46. The van der Waals surface area contributed by atoms with Crippen LogP contribution >= 0.6 is 17.0 Å². The van der Waals surface area contributed by atoms with Crippen molar-refractivity contribution in [1.29, 1.82) is 0 Å². The zero-order valence-corrected chi connectivity index (χ0v) is 13.2. The molecule has 1 radical (unpaired) electrons. The van der Waals surface area contributed by atoms with Crippen LogP contribution in [0.1, 0.15) is 0 Å². The second kappa shape index (κ2) is 7.45. The van der Waals surface area contributed by atoms with Crippen molar-refractivity contribution in [2.45, 2.75) is 25.7 Å². The monoisotopic (exact) mass is 311 g/mol. The van der Waals surface area contributed by atoms with E-state index in [9.17, 15) is 0 Å². The summed E-state index contributed by atoms with van der Waals surface area (Å²) in [6.45, 7) is 7.21. The van der Waals surface area contributed by atoms with Crippen LogP contribution in [0.25, 0.3) is 0 Å². The van der Waals surface area contributed by atoms with Crippen molar-refractivity contribution in [3.63, 3.8) is 0 Å². The molecule has 0 aromatic carbocycles. The van der Waals surface area contributed by atoms with E-state index in [0.717, 1.165) is 0 Å². The molecule has 0 aromatic rings. The fraction of sp³-hybridized carbons (Fsp3) is 0.444. The quantitative estimate of drug-likeness (QED) is 0.663. The molecule has 0 amide bonds. The molecule has 0 spiro atoms. The Hall–Kier alpha value is 1.16. The molecule has 0 saturated carbocycles. The maximum atomic E-state index is 4.93. The average molecular weight is 313 g/mol. The number of allylic oxidation sites excluding steroid dienone is 4. The van der Waals surface area contributed by atoms with Crippen LogP contribution in [0.4, 0.5) is 0 Å². The van der Waals surface area contributed by atoms with Gasteiger partial charge in [-0.2, -0.15) is 0 Å². The molecule has 0 atom stereocenters. The van der Waals surface area contributed by atoms with Gasteiger partial charge in [-0.25, -0.2) is 0 Å². The molecule has 0 N–H and O–H groups in total. The second-order valence-corrected chi connectivity index (χ2v) is 13.3. The van der Waals surface area contributed by atoms with Gasteiger partial charge in [-0.3, -0.25) is 0 Å². The molecule has 4 heteroatoms. The van der Waals surface area contributed by atoms with Crippen molar-refractivity contribution in [2.24, 2.45) is 0 Å². The van der Waals surface area contributed by atoms with Crippen molar-refractivity contribution >= 4 is 25.1 Å². The molecule has 73 valence electrons. The van der Waals surface area contributed by atoms with Gasteiger partial charge in [0.25, 0.3) is 0 Å². The number of hydrogen-bond acceptors (Lipinski definition) is 0. The summed E-state index contributed by atoms with van der Waals surface area (Å²) in [5, 5.41) is 0. The Bertz CT molecular complexity index is 194. The van der Waals surface area contributed by atoms with E-state index >= 15 is 0 Å². The van der Waals surface area contributed by atoms with Gasteiger partial charge in [0.15, 0.2) is 0 Å². The Morgan fingerprint density at radius 2 is 1.85 bits per heavy atom. The van der Waals surface area contributed by atoms with Crippen molar-refractivity contribution < 1.29 is 20.8 Å². The van der Waals surface area contributed by atoms with Crippen LogP contribution < -0.4 is 0 Å². The van der Waals surface area contributed by atoms with E-state index in [1.165, 1.54) is 11.6 Å². The van der Waals surface area contributed by atoms with Crippen molar-refractivity contribution in [2.75, 3.05) is 0 Å². The van der Waals surface area contributed by atoms with Crippen LogP contribution in [0.3, 0.4) is 0 Å². The molecule has 0 fully saturated rings. The first-order chi connectivity index (χ1) is 5.99. The summed E-state index contributed by atoms with van der Waals surface area (Å²) in [4.78, 5) is 0. The van der Waals surface area contributed by atoms with Crippen molar-refractivity contribution in [3.8, 4) is 0 Å². The SMILES string of the molecule is C[Si](C)(C)CC1=C[CH]C=C1.[Cl][Zr][Cl]. The number of hydrogen-bond donors (Lipinski definition) is 0. The second-order valence-electron chi connectivity index (χ2n) is 4.10. The van der Waals surface area contributed by atoms with E-state index in [1.807, 2.05) is 0 Å². The van der Waals surface area contributed by atoms with Gasteiger partial charge in [0, 0.05) is 14.5 Å². The fourth-order valence-electron chi connectivity index (χ4n) is 1.14. The third-order valence-corrected chi connectivity index (χ3v) is 2.94. The summed E-state index contributed by atoms with van der Waals surface area (Å²) >= 11 is -0.826. The Balaban J connectivity index is 0.000000424. The minimum atomic E-state index is -0.862. The zero-order chi connectivity index (χ0) is 10.3. The summed E-state index contributed by atoms with van der Waals surface area (Å²) < 4.78 is 0. The maximum absolute atomic E-state index is 4.93. The van der Waals surface area contributed by atoms with Crippen LogP contribution in [0.5, 0.6) is 0 Å². The normalized spacial score (nSPS) is 14.7. The van der Waals surface area contributed by atoms with Gasteiger partial charge >= 0.3 is 37.9 Å². The number of halogens is 2. The van der Waals surface area contributed by atoms with Crippen LogP contribution in [0, 0.1) is 6.42 Å². The molecular formula is C9H15Cl2SiZr. The molecule has 0 bridgehead atoms. The van der Waals surface area contributed by atoms with Crippen LogP contribution in [-0.4, -0.2) is 8.07 Å². The predicted octanol–water partition coefficient (Wildman–Crippen LogP) is 4.40. The molecule has 0 nitrogen and oxygen atoms in total. The first kappa shape index (κ1) is 14.2. The van der Waals surface area contributed by atoms with E-state index in [1.54, 1.807) is 0 Å². The average Bonchev–Trinajstić information content (AvgIpc) is 2.37.